The zero-order valence-corrected chi connectivity index (χ0v) is 23.1. The van der Waals surface area contributed by atoms with Gasteiger partial charge in [-0.1, -0.05) is 45.0 Å². The van der Waals surface area contributed by atoms with Crippen LogP contribution in [0.25, 0.3) is 11.3 Å². The third-order valence-electron chi connectivity index (χ3n) is 6.84. The molecule has 3 amide bonds. The number of benzene rings is 1. The normalized spacial score (nSPS) is 16.8. The number of rotatable bonds is 11. The number of carbonyl (C=O) groups is 4. The molecule has 2 aromatic rings. The maximum atomic E-state index is 13.0. The van der Waals surface area contributed by atoms with Crippen LogP contribution in [0.4, 0.5) is 0 Å². The Bertz CT molecular complexity index is 1170. The number of hydrazine groups is 1. The van der Waals surface area contributed by atoms with E-state index in [0.29, 0.717) is 25.8 Å². The molecule has 3 rings (SSSR count). The fourth-order valence-corrected chi connectivity index (χ4v) is 4.45. The number of aryl methyl sites for hydroxylation is 2. The number of nitrogens with zero attached hydrogens (tertiary/aromatic N) is 2. The van der Waals surface area contributed by atoms with Gasteiger partial charge in [0.1, 0.15) is 18.1 Å². The average Bonchev–Trinajstić information content (AvgIpc) is 2.94. The number of nitrogens with one attached hydrogen (secondary N) is 3. The summed E-state index contributed by atoms with van der Waals surface area (Å²) in [5.74, 6) is -2.41. The molecule has 1 fully saturated rings. The van der Waals surface area contributed by atoms with E-state index >= 15 is 0 Å². The van der Waals surface area contributed by atoms with Crippen LogP contribution in [0.2, 0.25) is 0 Å². The molecular formula is C29H39N5O5. The van der Waals surface area contributed by atoms with E-state index in [0.717, 1.165) is 23.2 Å². The predicted molar refractivity (Wildman–Crippen MR) is 147 cm³/mol. The molecule has 0 radical (unpaired) electrons. The summed E-state index contributed by atoms with van der Waals surface area (Å²) in [5.41, 5.74) is 6.78. The van der Waals surface area contributed by atoms with E-state index < -0.39 is 35.9 Å². The Hall–Kier alpha value is -3.79. The number of carboxylic acids is 1. The second-order valence-corrected chi connectivity index (χ2v) is 10.3. The van der Waals surface area contributed by atoms with Crippen molar-refractivity contribution in [2.24, 2.45) is 5.92 Å². The van der Waals surface area contributed by atoms with Crippen molar-refractivity contribution in [3.8, 4) is 11.3 Å². The maximum Gasteiger partial charge on any atom is 0.322 e. The lowest BCUT2D eigenvalue weighted by atomic mass is 10.0. The van der Waals surface area contributed by atoms with Crippen LogP contribution in [-0.4, -0.2) is 63.5 Å². The van der Waals surface area contributed by atoms with Gasteiger partial charge < -0.3 is 15.7 Å². The van der Waals surface area contributed by atoms with E-state index in [1.165, 1.54) is 10.6 Å². The molecule has 10 heteroatoms. The van der Waals surface area contributed by atoms with Crippen LogP contribution in [0, 0.1) is 5.92 Å². The number of carboxylic acid groups (broad SMARTS) is 1. The number of amides is 3. The van der Waals surface area contributed by atoms with Crippen LogP contribution in [0.3, 0.4) is 0 Å². The van der Waals surface area contributed by atoms with Crippen LogP contribution < -0.4 is 16.1 Å². The monoisotopic (exact) mass is 537 g/mol. The lowest BCUT2D eigenvalue weighted by molar-refractivity contribution is -0.148. The highest BCUT2D eigenvalue weighted by Crippen LogP contribution is 2.19. The van der Waals surface area contributed by atoms with Crippen molar-refractivity contribution in [1.82, 2.24) is 26.1 Å². The molecule has 1 aliphatic rings. The van der Waals surface area contributed by atoms with Crippen molar-refractivity contribution >= 4 is 23.7 Å². The molecule has 210 valence electrons. The molecule has 1 aromatic heterocycles. The molecule has 0 bridgehead atoms. The molecule has 0 saturated carbocycles. The van der Waals surface area contributed by atoms with Crippen molar-refractivity contribution in [3.63, 3.8) is 0 Å². The van der Waals surface area contributed by atoms with Crippen LogP contribution in [0.1, 0.15) is 58.1 Å². The zero-order valence-electron chi connectivity index (χ0n) is 23.1. The van der Waals surface area contributed by atoms with E-state index in [2.05, 4.69) is 40.1 Å². The maximum absolute atomic E-state index is 13.0. The molecule has 1 saturated heterocycles. The van der Waals surface area contributed by atoms with E-state index in [4.69, 9.17) is 0 Å². The third-order valence-corrected chi connectivity index (χ3v) is 6.84. The molecule has 1 unspecified atom stereocenters. The largest absolute Gasteiger partial charge is 0.480 e. The van der Waals surface area contributed by atoms with Crippen molar-refractivity contribution in [1.29, 1.82) is 0 Å². The predicted octanol–water partition coefficient (Wildman–Crippen LogP) is 2.47. The number of hydrogen-bond donors (Lipinski definition) is 4. The standard InChI is InChI=1S/C29H39N5O5/c1-5-20-8-6-9-22(16-20)23-13-11-21(17-30-23)12-14-25(35)32-26(18(2)3)27(36)31-19(4)28(37)34-15-7-10-24(33-34)29(38)39/h6,8-9,11,13,16-19,24,26,33H,5,7,10,12,14-15H2,1-4H3,(H,31,36)(H,32,35)(H,38,39)/t19-,24-,26?/m0/s1. The minimum atomic E-state index is -1.03. The second kappa shape index (κ2) is 13.8. The minimum absolute atomic E-state index is 0.186. The first-order valence-electron chi connectivity index (χ1n) is 13.5. The van der Waals surface area contributed by atoms with E-state index in [9.17, 15) is 24.3 Å². The van der Waals surface area contributed by atoms with E-state index in [-0.39, 0.29) is 18.2 Å². The smallest absolute Gasteiger partial charge is 0.322 e. The average molecular weight is 538 g/mol. The molecule has 0 spiro atoms. The van der Waals surface area contributed by atoms with Crippen molar-refractivity contribution in [2.45, 2.75) is 77.9 Å². The summed E-state index contributed by atoms with van der Waals surface area (Å²) in [6.07, 6.45) is 4.35. The lowest BCUT2D eigenvalue weighted by Gasteiger charge is -2.34. The van der Waals surface area contributed by atoms with Gasteiger partial charge in [0.2, 0.25) is 11.8 Å². The van der Waals surface area contributed by atoms with Gasteiger partial charge in [-0.3, -0.25) is 29.2 Å². The van der Waals surface area contributed by atoms with Gasteiger partial charge in [-0.05, 0) is 61.8 Å². The van der Waals surface area contributed by atoms with Gasteiger partial charge in [-0.2, -0.15) is 0 Å². The fourth-order valence-electron chi connectivity index (χ4n) is 4.45. The topological polar surface area (TPSA) is 141 Å². The number of pyridine rings is 1. The number of aromatic nitrogens is 1. The molecule has 2 heterocycles. The summed E-state index contributed by atoms with van der Waals surface area (Å²) in [6, 6.07) is 9.60. The first-order chi connectivity index (χ1) is 18.6. The molecule has 10 nitrogen and oxygen atoms in total. The Morgan fingerprint density at radius 3 is 2.51 bits per heavy atom. The third kappa shape index (κ3) is 8.35. The molecule has 4 N–H and O–H groups in total. The highest BCUT2D eigenvalue weighted by atomic mass is 16.4. The molecule has 39 heavy (non-hydrogen) atoms. The van der Waals surface area contributed by atoms with Crippen LogP contribution >= 0.6 is 0 Å². The Morgan fingerprint density at radius 2 is 1.87 bits per heavy atom. The highest BCUT2D eigenvalue weighted by molar-refractivity contribution is 5.92. The van der Waals surface area contributed by atoms with Crippen molar-refractivity contribution in [3.05, 3.63) is 53.7 Å². The molecule has 1 aromatic carbocycles. The van der Waals surface area contributed by atoms with Crippen molar-refractivity contribution in [2.75, 3.05) is 6.54 Å². The summed E-state index contributed by atoms with van der Waals surface area (Å²) in [7, 11) is 0. The van der Waals surface area contributed by atoms with Crippen LogP contribution in [0.5, 0.6) is 0 Å². The molecule has 3 atom stereocenters. The number of aliphatic carboxylic acids is 1. The Labute approximate surface area is 229 Å². The van der Waals surface area contributed by atoms with Gasteiger partial charge in [0.15, 0.2) is 0 Å². The van der Waals surface area contributed by atoms with Gasteiger partial charge in [0.25, 0.3) is 5.91 Å². The van der Waals surface area contributed by atoms with Gasteiger partial charge >= 0.3 is 5.97 Å². The van der Waals surface area contributed by atoms with E-state index in [1.807, 2.05) is 38.1 Å². The highest BCUT2D eigenvalue weighted by Gasteiger charge is 2.32. The first-order valence-corrected chi connectivity index (χ1v) is 13.5. The van der Waals surface area contributed by atoms with Crippen LogP contribution in [0.15, 0.2) is 42.6 Å². The summed E-state index contributed by atoms with van der Waals surface area (Å²) in [5, 5.41) is 15.9. The zero-order chi connectivity index (χ0) is 28.5. The first kappa shape index (κ1) is 29.8. The van der Waals surface area contributed by atoms with Gasteiger partial charge in [-0.15, -0.1) is 0 Å². The minimum Gasteiger partial charge on any atom is -0.480 e. The molecular weight excluding hydrogens is 498 g/mol. The van der Waals surface area contributed by atoms with Gasteiger partial charge in [0, 0.05) is 24.7 Å². The SMILES string of the molecule is CCc1cccc(-c2ccc(CCC(=O)NC(C(=O)N[C@@H](C)C(=O)N3CCC[C@@H](C(=O)O)N3)C(C)C)cn2)c1. The second-order valence-electron chi connectivity index (χ2n) is 10.3. The van der Waals surface area contributed by atoms with Crippen LogP contribution in [-0.2, 0) is 32.0 Å². The van der Waals surface area contributed by atoms with E-state index in [1.54, 1.807) is 13.1 Å². The number of hydrogen-bond acceptors (Lipinski definition) is 6. The summed E-state index contributed by atoms with van der Waals surface area (Å²) >= 11 is 0. The summed E-state index contributed by atoms with van der Waals surface area (Å²) < 4.78 is 0. The summed E-state index contributed by atoms with van der Waals surface area (Å²) in [6.45, 7) is 7.64. The molecule has 0 aliphatic carbocycles. The lowest BCUT2D eigenvalue weighted by Crippen LogP contribution is -2.60. The fraction of sp³-hybridized carbons (Fsp3) is 0.483. The number of carbonyl (C=O) groups excluding carboxylic acids is 3. The Balaban J connectivity index is 1.52. The van der Waals surface area contributed by atoms with Gasteiger partial charge in [-0.25, -0.2) is 5.43 Å². The summed E-state index contributed by atoms with van der Waals surface area (Å²) in [4.78, 5) is 54.3. The Kier molecular flexibility index (Phi) is 10.6. The quantitative estimate of drug-likeness (QED) is 0.345. The Morgan fingerprint density at radius 1 is 1.10 bits per heavy atom. The molecule has 1 aliphatic heterocycles. The van der Waals surface area contributed by atoms with Crippen molar-refractivity contribution < 1.29 is 24.3 Å². The van der Waals surface area contributed by atoms with Gasteiger partial charge in [0.05, 0.1) is 5.69 Å².